The van der Waals surface area contributed by atoms with Crippen molar-refractivity contribution in [1.29, 1.82) is 0 Å². The second-order valence-electron chi connectivity index (χ2n) is 2.03. The highest BCUT2D eigenvalue weighted by molar-refractivity contribution is 7.58. The quantitative estimate of drug-likeness (QED) is 0.319. The molecular weight excluding hydrogens is 171 g/mol. The van der Waals surface area contributed by atoms with E-state index in [0.717, 1.165) is 0 Å². The third-order valence-electron chi connectivity index (χ3n) is 0.717. The topological polar surface area (TPSA) is 87.0 Å². The molecule has 0 radical (unpaired) electrons. The van der Waals surface area contributed by atoms with E-state index in [1.54, 1.807) is 0 Å². The molecule has 0 aromatic rings. The van der Waals surface area contributed by atoms with Crippen molar-refractivity contribution in [2.75, 3.05) is 6.35 Å². The molecule has 0 fully saturated rings. The number of esters is 1. The highest BCUT2D eigenvalue weighted by Gasteiger charge is 2.31. The Hall–Kier alpha value is -0.480. The molecule has 5 nitrogen and oxygen atoms in total. The van der Waals surface area contributed by atoms with Crippen LogP contribution >= 0.6 is 7.94 Å². The third kappa shape index (κ3) is 5.94. The molecule has 0 saturated heterocycles. The summed E-state index contributed by atoms with van der Waals surface area (Å²) in [5.74, 6) is -0.758. The average molecular weight is 181 g/mol. The van der Waals surface area contributed by atoms with Gasteiger partial charge in [-0.15, -0.1) is 0 Å². The molecule has 0 unspecified atom stereocenters. The summed E-state index contributed by atoms with van der Waals surface area (Å²) in [6.07, 6.45) is -0.779. The maximum atomic E-state index is 10.6. The molecule has 0 heterocycles. The van der Waals surface area contributed by atoms with Crippen LogP contribution in [-0.2, 0) is 9.53 Å². The van der Waals surface area contributed by atoms with Gasteiger partial charge in [-0.3, -0.25) is 0 Å². The monoisotopic (exact) mass is 181 g/mol. The van der Waals surface area contributed by atoms with Crippen molar-refractivity contribution >= 4 is 13.9 Å². The number of carbonyl (C=O) groups is 1. The lowest BCUT2D eigenvalue weighted by Gasteiger charge is -2.04. The van der Waals surface area contributed by atoms with Crippen molar-refractivity contribution in [3.8, 4) is 0 Å². The summed E-state index contributed by atoms with van der Waals surface area (Å²) in [6.45, 7) is 4.66. The van der Waals surface area contributed by atoms with Crippen LogP contribution in [0.3, 0.4) is 0 Å². The fraction of sp³-hybridized carbons (Fsp3) is 0.400. The molecule has 6 heteroatoms. The standard InChI is InChI=1S/C5H10O5P/c1-4(2)5(6)10-3-11(7,8)9/h7-9H,1,3H2,2H3/q+1. The Kier molecular flexibility index (Phi) is 3.62. The number of carbonyl (C=O) groups excluding carboxylic acids is 1. The molecule has 0 aliphatic rings. The van der Waals surface area contributed by atoms with Crippen molar-refractivity contribution in [2.45, 2.75) is 6.92 Å². The normalized spacial score (nSPS) is 10.9. The van der Waals surface area contributed by atoms with Crippen LogP contribution < -0.4 is 0 Å². The molecular formula is C5H10O5P+. The molecule has 64 valence electrons. The summed E-state index contributed by atoms with van der Waals surface area (Å²) in [4.78, 5) is 35.6. The van der Waals surface area contributed by atoms with Gasteiger partial charge in [0.25, 0.3) is 6.35 Å². The maximum Gasteiger partial charge on any atom is 0.444 e. The first kappa shape index (κ1) is 10.5. The van der Waals surface area contributed by atoms with Gasteiger partial charge in [0, 0.05) is 5.57 Å². The van der Waals surface area contributed by atoms with Crippen molar-refractivity contribution in [3.63, 3.8) is 0 Å². The average Bonchev–Trinajstić information content (AvgIpc) is 1.80. The number of ether oxygens (including phenoxy) is 1. The fourth-order valence-electron chi connectivity index (χ4n) is 0.268. The maximum absolute atomic E-state index is 10.6. The van der Waals surface area contributed by atoms with E-state index in [9.17, 15) is 4.79 Å². The fourth-order valence-corrected chi connectivity index (χ4v) is 0.559. The SMILES string of the molecule is C=C(C)C(=O)OC[P+](O)(O)O. The van der Waals surface area contributed by atoms with Gasteiger partial charge in [-0.1, -0.05) is 6.58 Å². The number of hydrogen-bond acceptors (Lipinski definition) is 5. The Bertz CT molecular complexity index is 170. The zero-order chi connectivity index (χ0) is 9.07. The molecule has 11 heavy (non-hydrogen) atoms. The summed E-state index contributed by atoms with van der Waals surface area (Å²) in [7, 11) is -3.99. The van der Waals surface area contributed by atoms with Crippen LogP contribution in [0.1, 0.15) is 6.92 Å². The Morgan fingerprint density at radius 3 is 2.27 bits per heavy atom. The molecule has 0 rings (SSSR count). The van der Waals surface area contributed by atoms with E-state index in [1.807, 2.05) is 0 Å². The van der Waals surface area contributed by atoms with Gasteiger partial charge in [-0.05, 0) is 6.92 Å². The minimum atomic E-state index is -3.99. The van der Waals surface area contributed by atoms with E-state index in [-0.39, 0.29) is 5.57 Å². The minimum Gasteiger partial charge on any atom is -0.418 e. The van der Waals surface area contributed by atoms with Gasteiger partial charge >= 0.3 is 13.9 Å². The summed E-state index contributed by atoms with van der Waals surface area (Å²) in [6, 6.07) is 0. The second-order valence-corrected chi connectivity index (χ2v) is 3.68. The predicted molar refractivity (Wildman–Crippen MR) is 39.3 cm³/mol. The first-order valence-corrected chi connectivity index (χ1v) is 4.55. The molecule has 0 bridgehead atoms. The highest BCUT2D eigenvalue weighted by atomic mass is 31.2. The molecule has 0 spiro atoms. The Morgan fingerprint density at radius 1 is 1.55 bits per heavy atom. The van der Waals surface area contributed by atoms with Crippen molar-refractivity contribution in [1.82, 2.24) is 0 Å². The van der Waals surface area contributed by atoms with Gasteiger partial charge in [0.05, 0.1) is 0 Å². The van der Waals surface area contributed by atoms with Crippen LogP contribution in [0.15, 0.2) is 12.2 Å². The first-order valence-electron chi connectivity index (χ1n) is 2.72. The predicted octanol–water partition coefficient (Wildman–Crippen LogP) is -0.197. The van der Waals surface area contributed by atoms with Gasteiger partial charge < -0.3 is 4.74 Å². The van der Waals surface area contributed by atoms with E-state index >= 15 is 0 Å². The van der Waals surface area contributed by atoms with Gasteiger partial charge in [-0.2, -0.15) is 14.7 Å². The molecule has 0 amide bonds. The summed E-state index contributed by atoms with van der Waals surface area (Å²) < 4.78 is 4.23. The van der Waals surface area contributed by atoms with Crippen LogP contribution in [0, 0.1) is 0 Å². The second kappa shape index (κ2) is 3.78. The van der Waals surface area contributed by atoms with Crippen LogP contribution in [0.2, 0.25) is 0 Å². The van der Waals surface area contributed by atoms with Crippen molar-refractivity contribution in [2.24, 2.45) is 0 Å². The molecule has 0 aromatic heterocycles. The van der Waals surface area contributed by atoms with Gasteiger partial charge in [0.15, 0.2) is 0 Å². The lowest BCUT2D eigenvalue weighted by molar-refractivity contribution is -0.137. The van der Waals surface area contributed by atoms with Gasteiger partial charge in [-0.25, -0.2) is 4.79 Å². The highest BCUT2D eigenvalue weighted by Crippen LogP contribution is 2.44. The van der Waals surface area contributed by atoms with E-state index in [0.29, 0.717) is 0 Å². The smallest absolute Gasteiger partial charge is 0.418 e. The number of rotatable bonds is 3. The Labute approximate surface area is 64.5 Å². The lowest BCUT2D eigenvalue weighted by atomic mass is 10.4. The Morgan fingerprint density at radius 2 is 2.00 bits per heavy atom. The molecule has 0 aliphatic carbocycles. The van der Waals surface area contributed by atoms with Crippen LogP contribution in [-0.4, -0.2) is 27.0 Å². The van der Waals surface area contributed by atoms with Crippen molar-refractivity contribution < 1.29 is 24.2 Å². The molecule has 0 atom stereocenters. The van der Waals surface area contributed by atoms with Gasteiger partial charge in [0.1, 0.15) is 0 Å². The molecule has 0 saturated carbocycles. The third-order valence-corrected chi connectivity index (χ3v) is 1.19. The zero-order valence-corrected chi connectivity index (χ0v) is 6.91. The molecule has 0 aliphatic heterocycles. The van der Waals surface area contributed by atoms with Gasteiger partial charge in [0.2, 0.25) is 0 Å². The largest absolute Gasteiger partial charge is 0.444 e. The van der Waals surface area contributed by atoms with Crippen LogP contribution in [0.25, 0.3) is 0 Å². The van der Waals surface area contributed by atoms with E-state index in [1.165, 1.54) is 6.92 Å². The molecule has 3 N–H and O–H groups in total. The van der Waals surface area contributed by atoms with E-state index in [2.05, 4.69) is 11.3 Å². The van der Waals surface area contributed by atoms with Crippen molar-refractivity contribution in [3.05, 3.63) is 12.2 Å². The van der Waals surface area contributed by atoms with Crippen LogP contribution in [0.5, 0.6) is 0 Å². The first-order chi connectivity index (χ1) is 4.83. The zero-order valence-electron chi connectivity index (χ0n) is 6.02. The summed E-state index contributed by atoms with van der Waals surface area (Å²) in [5.41, 5.74) is 0.137. The molecule has 0 aromatic carbocycles. The van der Waals surface area contributed by atoms with E-state index < -0.39 is 20.3 Å². The van der Waals surface area contributed by atoms with Crippen LogP contribution in [0.4, 0.5) is 0 Å². The Balaban J connectivity index is 3.73. The number of hydrogen-bond donors (Lipinski definition) is 3. The van der Waals surface area contributed by atoms with E-state index in [4.69, 9.17) is 14.7 Å². The summed E-state index contributed by atoms with van der Waals surface area (Å²) >= 11 is 0. The lowest BCUT2D eigenvalue weighted by Crippen LogP contribution is -2.08. The summed E-state index contributed by atoms with van der Waals surface area (Å²) in [5, 5.41) is 0. The minimum absolute atomic E-state index is 0.137.